The van der Waals surface area contributed by atoms with Crippen LogP contribution in [0.2, 0.25) is 0 Å². The van der Waals surface area contributed by atoms with Crippen molar-refractivity contribution in [3.8, 4) is 11.5 Å². The number of anilines is 2. The van der Waals surface area contributed by atoms with Gasteiger partial charge in [-0.25, -0.2) is 0 Å². The predicted octanol–water partition coefficient (Wildman–Crippen LogP) is 0.380. The molecule has 0 aliphatic rings. The molecule has 2 rings (SSSR count). The van der Waals surface area contributed by atoms with Gasteiger partial charge in [0.05, 0.1) is 0 Å². The van der Waals surface area contributed by atoms with Crippen molar-refractivity contribution in [2.24, 2.45) is 7.05 Å². The number of aromatic nitrogens is 5. The van der Waals surface area contributed by atoms with E-state index in [1.807, 2.05) is 38.3 Å². The molecule has 0 aliphatic carbocycles. The minimum Gasteiger partial charge on any atom is -0.357 e. The summed E-state index contributed by atoms with van der Waals surface area (Å²) in [5.41, 5.74) is 0.731. The van der Waals surface area contributed by atoms with Crippen LogP contribution in [0.4, 0.5) is 11.9 Å². The maximum absolute atomic E-state index is 4.35. The highest BCUT2D eigenvalue weighted by Crippen LogP contribution is 2.16. The molecule has 0 aliphatic heterocycles. The summed E-state index contributed by atoms with van der Waals surface area (Å²) in [4.78, 5) is 14.7. The van der Waals surface area contributed by atoms with Crippen molar-refractivity contribution in [3.05, 3.63) is 12.3 Å². The highest BCUT2D eigenvalue weighted by molar-refractivity contribution is 5.53. The first-order chi connectivity index (χ1) is 8.10. The Balaban J connectivity index is 2.49. The van der Waals surface area contributed by atoms with Gasteiger partial charge in [-0.15, -0.1) is 0 Å². The van der Waals surface area contributed by atoms with E-state index >= 15 is 0 Å². The molecule has 0 saturated carbocycles. The highest BCUT2D eigenvalue weighted by atomic mass is 15.3. The largest absolute Gasteiger partial charge is 0.357 e. The molecule has 7 nitrogen and oxygen atoms in total. The van der Waals surface area contributed by atoms with Crippen LogP contribution in [0.25, 0.3) is 11.5 Å². The molecule has 17 heavy (non-hydrogen) atoms. The third-order valence-electron chi connectivity index (χ3n) is 2.19. The second-order valence-electron chi connectivity index (χ2n) is 3.80. The molecule has 0 bridgehead atoms. The monoisotopic (exact) mass is 233 g/mol. The van der Waals surface area contributed by atoms with Crippen molar-refractivity contribution < 1.29 is 0 Å². The Morgan fingerprint density at radius 3 is 2.53 bits per heavy atom. The normalized spacial score (nSPS) is 10.4. The molecule has 0 fully saturated rings. The van der Waals surface area contributed by atoms with Crippen molar-refractivity contribution in [2.45, 2.75) is 0 Å². The maximum Gasteiger partial charge on any atom is 0.230 e. The van der Waals surface area contributed by atoms with Gasteiger partial charge in [0, 0.05) is 34.4 Å². The molecule has 90 valence electrons. The molecule has 1 N–H and O–H groups in total. The van der Waals surface area contributed by atoms with Crippen LogP contribution in [-0.4, -0.2) is 45.9 Å². The number of hydrogen-bond donors (Lipinski definition) is 1. The van der Waals surface area contributed by atoms with E-state index in [0.29, 0.717) is 17.7 Å². The van der Waals surface area contributed by atoms with Crippen molar-refractivity contribution >= 4 is 11.9 Å². The lowest BCUT2D eigenvalue weighted by Gasteiger charge is -2.11. The summed E-state index contributed by atoms with van der Waals surface area (Å²) in [5.74, 6) is 1.70. The quantitative estimate of drug-likeness (QED) is 0.826. The lowest BCUT2D eigenvalue weighted by Crippen LogP contribution is -2.15. The van der Waals surface area contributed by atoms with Crippen LogP contribution in [0.3, 0.4) is 0 Å². The molecule has 2 aromatic rings. The lowest BCUT2D eigenvalue weighted by molar-refractivity contribution is 0.768. The molecule has 2 heterocycles. The van der Waals surface area contributed by atoms with Crippen LogP contribution in [-0.2, 0) is 7.05 Å². The Bertz CT molecular complexity index is 517. The summed E-state index contributed by atoms with van der Waals surface area (Å²) >= 11 is 0. The molecule has 0 saturated heterocycles. The van der Waals surface area contributed by atoms with E-state index in [4.69, 9.17) is 0 Å². The molecule has 2 aromatic heterocycles. The molecule has 0 atom stereocenters. The first kappa shape index (κ1) is 11.3. The molecule has 0 radical (unpaired) electrons. The number of nitrogens with zero attached hydrogens (tertiary/aromatic N) is 6. The summed E-state index contributed by atoms with van der Waals surface area (Å²) in [5, 5.41) is 7.19. The predicted molar refractivity (Wildman–Crippen MR) is 65.9 cm³/mol. The average Bonchev–Trinajstić information content (AvgIpc) is 2.75. The Morgan fingerprint density at radius 1 is 1.24 bits per heavy atom. The Hall–Kier alpha value is -2.18. The first-order valence-corrected chi connectivity index (χ1v) is 5.21. The van der Waals surface area contributed by atoms with Gasteiger partial charge in [-0.1, -0.05) is 0 Å². The van der Waals surface area contributed by atoms with Crippen LogP contribution in [0.1, 0.15) is 0 Å². The fraction of sp³-hybridized carbons (Fsp3) is 0.400. The van der Waals surface area contributed by atoms with Gasteiger partial charge >= 0.3 is 0 Å². The molecule has 7 heteroatoms. The summed E-state index contributed by atoms with van der Waals surface area (Å²) in [6.07, 6.45) is 1.85. The van der Waals surface area contributed by atoms with Crippen LogP contribution in [0.15, 0.2) is 12.3 Å². The van der Waals surface area contributed by atoms with Gasteiger partial charge in [-0.3, -0.25) is 4.68 Å². The minimum absolute atomic E-state index is 0.532. The van der Waals surface area contributed by atoms with E-state index in [-0.39, 0.29) is 0 Å². The van der Waals surface area contributed by atoms with Gasteiger partial charge in [0.15, 0.2) is 5.82 Å². The smallest absolute Gasteiger partial charge is 0.230 e. The highest BCUT2D eigenvalue weighted by Gasteiger charge is 2.10. The fourth-order valence-corrected chi connectivity index (χ4v) is 1.33. The van der Waals surface area contributed by atoms with Gasteiger partial charge in [-0.2, -0.15) is 20.1 Å². The van der Waals surface area contributed by atoms with E-state index in [9.17, 15) is 0 Å². The standard InChI is InChI=1S/C10H15N7/c1-11-9-12-8(7-5-6-17(4)15-7)13-10(14-9)16(2)3/h5-6H,1-4H3,(H,11,12,13,14). The van der Waals surface area contributed by atoms with Crippen LogP contribution in [0.5, 0.6) is 0 Å². The topological polar surface area (TPSA) is 71.8 Å². The molecule has 0 unspecified atom stereocenters. The van der Waals surface area contributed by atoms with Crippen LogP contribution < -0.4 is 10.2 Å². The van der Waals surface area contributed by atoms with Gasteiger partial charge < -0.3 is 10.2 Å². The molecule has 0 amide bonds. The summed E-state index contributed by atoms with van der Waals surface area (Å²) < 4.78 is 1.72. The van der Waals surface area contributed by atoms with Crippen LogP contribution >= 0.6 is 0 Å². The third-order valence-corrected chi connectivity index (χ3v) is 2.19. The average molecular weight is 233 g/mol. The Morgan fingerprint density at radius 2 is 2.00 bits per heavy atom. The van der Waals surface area contributed by atoms with E-state index in [1.54, 1.807) is 11.7 Å². The summed E-state index contributed by atoms with van der Waals surface area (Å²) in [7, 11) is 7.40. The summed E-state index contributed by atoms with van der Waals surface area (Å²) in [6, 6.07) is 1.87. The lowest BCUT2D eigenvalue weighted by atomic mass is 10.4. The summed E-state index contributed by atoms with van der Waals surface area (Å²) in [6.45, 7) is 0. The van der Waals surface area contributed by atoms with Gasteiger partial charge in [0.2, 0.25) is 11.9 Å². The Labute approximate surface area is 99.5 Å². The van der Waals surface area contributed by atoms with E-state index in [1.165, 1.54) is 0 Å². The first-order valence-electron chi connectivity index (χ1n) is 5.21. The van der Waals surface area contributed by atoms with E-state index < -0.39 is 0 Å². The van der Waals surface area contributed by atoms with Crippen LogP contribution in [0, 0.1) is 0 Å². The van der Waals surface area contributed by atoms with Gasteiger partial charge in [-0.05, 0) is 6.07 Å². The number of aryl methyl sites for hydroxylation is 1. The van der Waals surface area contributed by atoms with Crippen molar-refractivity contribution in [1.29, 1.82) is 0 Å². The second kappa shape index (κ2) is 4.36. The number of nitrogens with one attached hydrogen (secondary N) is 1. The zero-order valence-corrected chi connectivity index (χ0v) is 10.3. The van der Waals surface area contributed by atoms with Gasteiger partial charge in [0.1, 0.15) is 5.69 Å². The minimum atomic E-state index is 0.532. The maximum atomic E-state index is 4.35. The number of rotatable bonds is 3. The Kier molecular flexibility index (Phi) is 2.90. The molecular formula is C10H15N7. The zero-order chi connectivity index (χ0) is 12.4. The number of hydrogen-bond acceptors (Lipinski definition) is 6. The van der Waals surface area contributed by atoms with Crippen molar-refractivity contribution in [1.82, 2.24) is 24.7 Å². The van der Waals surface area contributed by atoms with E-state index in [2.05, 4.69) is 25.4 Å². The van der Waals surface area contributed by atoms with Crippen molar-refractivity contribution in [3.63, 3.8) is 0 Å². The molecule has 0 spiro atoms. The second-order valence-corrected chi connectivity index (χ2v) is 3.80. The fourth-order valence-electron chi connectivity index (χ4n) is 1.33. The van der Waals surface area contributed by atoms with Crippen molar-refractivity contribution in [2.75, 3.05) is 31.4 Å². The third kappa shape index (κ3) is 2.32. The molecule has 0 aromatic carbocycles. The SMILES string of the molecule is CNc1nc(-c2ccn(C)n2)nc(N(C)C)n1. The van der Waals surface area contributed by atoms with E-state index in [0.717, 1.165) is 5.69 Å². The zero-order valence-electron chi connectivity index (χ0n) is 10.3. The molecular weight excluding hydrogens is 218 g/mol. The van der Waals surface area contributed by atoms with Gasteiger partial charge in [0.25, 0.3) is 0 Å².